The van der Waals surface area contributed by atoms with Crippen LogP contribution in [0, 0.1) is 6.92 Å². The Kier molecular flexibility index (Phi) is 4.42. The molecule has 0 spiro atoms. The second-order valence-corrected chi connectivity index (χ2v) is 7.03. The number of carbonyl (C=O) groups excluding carboxylic acids is 1. The van der Waals surface area contributed by atoms with E-state index in [2.05, 4.69) is 22.2 Å². The number of carbonyl (C=O) groups is 1. The Morgan fingerprint density at radius 3 is 3.14 bits per heavy atom. The molecule has 3 heterocycles. The highest BCUT2D eigenvalue weighted by atomic mass is 32.1. The summed E-state index contributed by atoms with van der Waals surface area (Å²) < 4.78 is 5.76. The molecular weight excluding hydrogens is 288 g/mol. The molecule has 2 atom stereocenters. The summed E-state index contributed by atoms with van der Waals surface area (Å²) in [6, 6.07) is 0.348. The number of fused-ring (bicyclic) bond motifs is 1. The molecule has 0 aromatic carbocycles. The normalized spacial score (nSPS) is 25.9. The first-order valence-corrected chi connectivity index (χ1v) is 8.21. The number of hydrogen-bond donors (Lipinski definition) is 1. The Morgan fingerprint density at radius 2 is 2.43 bits per heavy atom. The van der Waals surface area contributed by atoms with Crippen molar-refractivity contribution in [3.63, 3.8) is 0 Å². The van der Waals surface area contributed by atoms with Crippen LogP contribution in [-0.2, 0) is 11.2 Å². The van der Waals surface area contributed by atoms with Crippen molar-refractivity contribution >= 4 is 17.4 Å². The second kappa shape index (κ2) is 6.29. The number of ether oxygens (including phenoxy) is 1. The molecule has 2 fully saturated rings. The lowest BCUT2D eigenvalue weighted by molar-refractivity contribution is -0.0367. The number of amides is 2. The van der Waals surface area contributed by atoms with Crippen LogP contribution in [0.15, 0.2) is 6.20 Å². The van der Waals surface area contributed by atoms with Crippen molar-refractivity contribution in [2.75, 3.05) is 39.8 Å². The molecule has 3 rings (SSSR count). The van der Waals surface area contributed by atoms with Gasteiger partial charge in [-0.05, 0) is 14.0 Å². The average Bonchev–Trinajstić information content (AvgIpc) is 3.06. The Labute approximate surface area is 129 Å². The van der Waals surface area contributed by atoms with Gasteiger partial charge in [0, 0.05) is 37.1 Å². The molecule has 2 aliphatic heterocycles. The van der Waals surface area contributed by atoms with Crippen LogP contribution < -0.4 is 5.32 Å². The molecule has 0 saturated carbocycles. The van der Waals surface area contributed by atoms with E-state index >= 15 is 0 Å². The highest BCUT2D eigenvalue weighted by Crippen LogP contribution is 2.21. The van der Waals surface area contributed by atoms with Gasteiger partial charge in [0.15, 0.2) is 0 Å². The summed E-state index contributed by atoms with van der Waals surface area (Å²) in [6.07, 6.45) is 2.83. The van der Waals surface area contributed by atoms with Crippen molar-refractivity contribution in [1.82, 2.24) is 20.1 Å². The van der Waals surface area contributed by atoms with Gasteiger partial charge in [-0.3, -0.25) is 4.90 Å². The average molecular weight is 310 g/mol. The number of rotatable bonds is 3. The Balaban J connectivity index is 1.45. The van der Waals surface area contributed by atoms with E-state index in [-0.39, 0.29) is 12.1 Å². The maximum Gasteiger partial charge on any atom is 0.317 e. The molecule has 1 aromatic heterocycles. The Morgan fingerprint density at radius 1 is 1.57 bits per heavy atom. The van der Waals surface area contributed by atoms with Crippen molar-refractivity contribution in [1.29, 1.82) is 0 Å². The zero-order valence-corrected chi connectivity index (χ0v) is 13.4. The van der Waals surface area contributed by atoms with E-state index in [1.54, 1.807) is 11.3 Å². The van der Waals surface area contributed by atoms with E-state index in [0.29, 0.717) is 19.1 Å². The summed E-state index contributed by atoms with van der Waals surface area (Å²) in [4.78, 5) is 21.9. The number of likely N-dealkylation sites (tertiary alicyclic amines) is 1. The summed E-state index contributed by atoms with van der Waals surface area (Å²) in [5.74, 6) is 0. The predicted molar refractivity (Wildman–Crippen MR) is 81.7 cm³/mol. The van der Waals surface area contributed by atoms with Gasteiger partial charge in [-0.15, -0.1) is 11.3 Å². The molecule has 7 heteroatoms. The minimum atomic E-state index is 0.00896. The van der Waals surface area contributed by atoms with Crippen LogP contribution in [0.25, 0.3) is 0 Å². The zero-order valence-electron chi connectivity index (χ0n) is 12.5. The van der Waals surface area contributed by atoms with Gasteiger partial charge in [-0.2, -0.15) is 0 Å². The van der Waals surface area contributed by atoms with E-state index in [0.717, 1.165) is 31.1 Å². The van der Waals surface area contributed by atoms with Crippen LogP contribution in [0.3, 0.4) is 0 Å². The third kappa shape index (κ3) is 3.36. The molecule has 2 amide bonds. The van der Waals surface area contributed by atoms with E-state index < -0.39 is 0 Å². The molecule has 2 saturated heterocycles. The van der Waals surface area contributed by atoms with E-state index in [1.807, 2.05) is 18.0 Å². The summed E-state index contributed by atoms with van der Waals surface area (Å²) in [5.41, 5.74) is 0. The monoisotopic (exact) mass is 310 g/mol. The van der Waals surface area contributed by atoms with Gasteiger partial charge in [-0.1, -0.05) is 0 Å². The SMILES string of the molecule is Cc1cnc(CCNC(=O)N2C[C@H]3OCCN(C)[C@H]3C2)s1. The van der Waals surface area contributed by atoms with Crippen LogP contribution in [-0.4, -0.2) is 72.8 Å². The molecule has 21 heavy (non-hydrogen) atoms. The first kappa shape index (κ1) is 14.7. The third-order valence-electron chi connectivity index (χ3n) is 4.15. The summed E-state index contributed by atoms with van der Waals surface area (Å²) in [7, 11) is 2.10. The third-order valence-corrected chi connectivity index (χ3v) is 5.12. The molecule has 0 radical (unpaired) electrons. The molecule has 2 aliphatic rings. The number of nitrogens with zero attached hydrogens (tertiary/aromatic N) is 3. The maximum atomic E-state index is 12.2. The number of urea groups is 1. The minimum absolute atomic E-state index is 0.00896. The second-order valence-electron chi connectivity index (χ2n) is 5.71. The van der Waals surface area contributed by atoms with Gasteiger partial charge >= 0.3 is 6.03 Å². The smallest absolute Gasteiger partial charge is 0.317 e. The topological polar surface area (TPSA) is 57.7 Å². The Bertz CT molecular complexity index is 507. The highest BCUT2D eigenvalue weighted by Gasteiger charge is 2.40. The van der Waals surface area contributed by atoms with E-state index in [1.165, 1.54) is 4.88 Å². The number of hydrogen-bond acceptors (Lipinski definition) is 5. The van der Waals surface area contributed by atoms with Crippen molar-refractivity contribution in [2.45, 2.75) is 25.5 Å². The van der Waals surface area contributed by atoms with Gasteiger partial charge < -0.3 is 15.0 Å². The fourth-order valence-corrected chi connectivity index (χ4v) is 3.72. The standard InChI is InChI=1S/C14H22N4O2S/c1-10-7-16-13(21-10)3-4-15-14(19)18-8-11-12(9-18)20-6-5-17(11)2/h7,11-12H,3-6,8-9H2,1-2H3,(H,15,19)/t11-,12+/m0/s1. The molecule has 116 valence electrons. The highest BCUT2D eigenvalue weighted by molar-refractivity contribution is 7.11. The van der Waals surface area contributed by atoms with Crippen LogP contribution in [0.1, 0.15) is 9.88 Å². The number of likely N-dealkylation sites (N-methyl/N-ethyl adjacent to an activating group) is 1. The fourth-order valence-electron chi connectivity index (χ4n) is 2.93. The van der Waals surface area contributed by atoms with Crippen molar-refractivity contribution in [3.8, 4) is 0 Å². The van der Waals surface area contributed by atoms with Crippen LogP contribution in [0.5, 0.6) is 0 Å². The largest absolute Gasteiger partial charge is 0.373 e. The molecule has 6 nitrogen and oxygen atoms in total. The first-order chi connectivity index (χ1) is 10.1. The van der Waals surface area contributed by atoms with Gasteiger partial charge in [0.2, 0.25) is 0 Å². The molecule has 1 N–H and O–H groups in total. The van der Waals surface area contributed by atoms with Gasteiger partial charge in [0.25, 0.3) is 0 Å². The number of morpholine rings is 1. The number of aromatic nitrogens is 1. The molecule has 0 unspecified atom stereocenters. The van der Waals surface area contributed by atoms with Crippen LogP contribution in [0.4, 0.5) is 4.79 Å². The Hall–Kier alpha value is -1.18. The summed E-state index contributed by atoms with van der Waals surface area (Å²) in [5, 5.41) is 4.06. The van der Waals surface area contributed by atoms with Crippen molar-refractivity contribution in [2.24, 2.45) is 0 Å². The number of thiazole rings is 1. The van der Waals surface area contributed by atoms with Crippen LogP contribution in [0.2, 0.25) is 0 Å². The van der Waals surface area contributed by atoms with E-state index in [4.69, 9.17) is 4.74 Å². The number of aryl methyl sites for hydroxylation is 1. The fraction of sp³-hybridized carbons (Fsp3) is 0.714. The zero-order chi connectivity index (χ0) is 14.8. The van der Waals surface area contributed by atoms with Gasteiger partial charge in [-0.25, -0.2) is 9.78 Å². The molecular formula is C14H22N4O2S. The molecule has 0 bridgehead atoms. The minimum Gasteiger partial charge on any atom is -0.373 e. The van der Waals surface area contributed by atoms with Crippen LogP contribution >= 0.6 is 11.3 Å². The summed E-state index contributed by atoms with van der Waals surface area (Å²) >= 11 is 1.69. The lowest BCUT2D eigenvalue weighted by Crippen LogP contribution is -2.48. The van der Waals surface area contributed by atoms with Gasteiger partial charge in [0.1, 0.15) is 0 Å². The van der Waals surface area contributed by atoms with E-state index in [9.17, 15) is 4.79 Å². The van der Waals surface area contributed by atoms with Crippen molar-refractivity contribution < 1.29 is 9.53 Å². The number of nitrogens with one attached hydrogen (secondary N) is 1. The lowest BCUT2D eigenvalue weighted by atomic mass is 10.1. The lowest BCUT2D eigenvalue weighted by Gasteiger charge is -2.33. The van der Waals surface area contributed by atoms with Gasteiger partial charge in [0.05, 0.1) is 30.3 Å². The quantitative estimate of drug-likeness (QED) is 0.894. The predicted octanol–water partition coefficient (Wildman–Crippen LogP) is 0.718. The maximum absolute atomic E-state index is 12.2. The molecule has 0 aliphatic carbocycles. The summed E-state index contributed by atoms with van der Waals surface area (Å²) in [6.45, 7) is 5.83. The first-order valence-electron chi connectivity index (χ1n) is 7.39. The van der Waals surface area contributed by atoms with Crippen molar-refractivity contribution in [3.05, 3.63) is 16.1 Å². The molecule has 1 aromatic rings.